The Kier molecular flexibility index (Phi) is 5.84. The molecule has 0 saturated carbocycles. The molecule has 0 amide bonds. The third-order valence-corrected chi connectivity index (χ3v) is 8.08. The topological polar surface area (TPSA) is 52.7 Å². The molecule has 1 aromatic heterocycles. The van der Waals surface area contributed by atoms with Gasteiger partial charge in [0.2, 0.25) is 10.0 Å². The molecule has 1 aromatic rings. The molecule has 1 fully saturated rings. The second-order valence-electron chi connectivity index (χ2n) is 5.44. The van der Waals surface area contributed by atoms with Crippen LogP contribution >= 0.6 is 27.3 Å². The van der Waals surface area contributed by atoms with Gasteiger partial charge in [0.15, 0.2) is 0 Å². The molecule has 1 aliphatic heterocycles. The number of halogens is 1. The van der Waals surface area contributed by atoms with Crippen molar-refractivity contribution in [3.05, 3.63) is 14.7 Å². The smallest absolute Gasteiger partial charge is 0.245 e. The third-order valence-electron chi connectivity index (χ3n) is 3.92. The standard InChI is InChI=1S/C13H22BrN3O2S2/c1-15-9-11-8-12(13(14)20-11)21(18,19)17(3)10-4-6-16(2)7-5-10/h8,10,15H,4-7,9H2,1-3H3. The maximum atomic E-state index is 12.8. The SMILES string of the molecule is CNCc1cc(S(=O)(=O)N(C)C2CCN(C)CC2)c(Br)s1. The highest BCUT2D eigenvalue weighted by molar-refractivity contribution is 9.11. The minimum atomic E-state index is -3.43. The third kappa shape index (κ3) is 3.86. The lowest BCUT2D eigenvalue weighted by Gasteiger charge is -2.34. The molecule has 5 nitrogen and oxygen atoms in total. The predicted molar refractivity (Wildman–Crippen MR) is 90.3 cm³/mol. The first-order chi connectivity index (χ1) is 9.86. The summed E-state index contributed by atoms with van der Waals surface area (Å²) < 4.78 is 27.9. The summed E-state index contributed by atoms with van der Waals surface area (Å²) in [5.74, 6) is 0. The van der Waals surface area contributed by atoms with Crippen molar-refractivity contribution in [2.45, 2.75) is 30.3 Å². The van der Waals surface area contributed by atoms with E-state index in [0.29, 0.717) is 15.2 Å². The maximum Gasteiger partial charge on any atom is 0.245 e. The van der Waals surface area contributed by atoms with Crippen LogP contribution in [-0.2, 0) is 16.6 Å². The van der Waals surface area contributed by atoms with Gasteiger partial charge >= 0.3 is 0 Å². The van der Waals surface area contributed by atoms with Gasteiger partial charge in [-0.05, 0) is 62.0 Å². The lowest BCUT2D eigenvalue weighted by atomic mass is 10.1. The van der Waals surface area contributed by atoms with Gasteiger partial charge in [0.1, 0.15) is 4.90 Å². The highest BCUT2D eigenvalue weighted by atomic mass is 79.9. The molecular formula is C13H22BrN3O2S2. The first kappa shape index (κ1) is 17.4. The number of hydrogen-bond acceptors (Lipinski definition) is 5. The van der Waals surface area contributed by atoms with Crippen molar-refractivity contribution >= 4 is 37.3 Å². The molecule has 0 atom stereocenters. The van der Waals surface area contributed by atoms with Crippen molar-refractivity contribution in [2.75, 3.05) is 34.2 Å². The van der Waals surface area contributed by atoms with Crippen LogP contribution in [0.25, 0.3) is 0 Å². The molecule has 2 heterocycles. The Hall–Kier alpha value is 0.01000. The molecule has 120 valence electrons. The second-order valence-corrected chi connectivity index (χ2v) is 9.86. The number of likely N-dealkylation sites (tertiary alicyclic amines) is 1. The number of rotatable bonds is 5. The van der Waals surface area contributed by atoms with Gasteiger partial charge in [0.25, 0.3) is 0 Å². The summed E-state index contributed by atoms with van der Waals surface area (Å²) in [6.45, 7) is 2.57. The summed E-state index contributed by atoms with van der Waals surface area (Å²) in [4.78, 5) is 3.64. The zero-order valence-electron chi connectivity index (χ0n) is 12.6. The molecule has 1 saturated heterocycles. The minimum absolute atomic E-state index is 0.0887. The van der Waals surface area contributed by atoms with Gasteiger partial charge < -0.3 is 10.2 Å². The zero-order chi connectivity index (χ0) is 15.6. The second kappa shape index (κ2) is 7.06. The molecule has 1 aliphatic rings. The molecular weight excluding hydrogens is 374 g/mol. The minimum Gasteiger partial charge on any atom is -0.315 e. The van der Waals surface area contributed by atoms with E-state index in [1.54, 1.807) is 17.4 Å². The number of nitrogens with zero attached hydrogens (tertiary/aromatic N) is 2. The fourth-order valence-electron chi connectivity index (χ4n) is 2.54. The van der Waals surface area contributed by atoms with Gasteiger partial charge in [-0.25, -0.2) is 8.42 Å². The highest BCUT2D eigenvalue weighted by Gasteiger charge is 2.32. The van der Waals surface area contributed by atoms with Crippen molar-refractivity contribution in [3.63, 3.8) is 0 Å². The van der Waals surface area contributed by atoms with Crippen LogP contribution in [0.1, 0.15) is 17.7 Å². The van der Waals surface area contributed by atoms with Gasteiger partial charge in [0, 0.05) is 24.5 Å². The molecule has 2 rings (SSSR count). The Morgan fingerprint density at radius 3 is 2.67 bits per heavy atom. The Labute approximate surface area is 139 Å². The maximum absolute atomic E-state index is 12.8. The van der Waals surface area contributed by atoms with Crippen molar-refractivity contribution in [1.29, 1.82) is 0 Å². The van der Waals surface area contributed by atoms with E-state index in [1.165, 1.54) is 11.3 Å². The number of sulfonamides is 1. The Balaban J connectivity index is 2.20. The quantitative estimate of drug-likeness (QED) is 0.827. The van der Waals surface area contributed by atoms with Crippen molar-refractivity contribution in [2.24, 2.45) is 0 Å². The summed E-state index contributed by atoms with van der Waals surface area (Å²) in [6, 6.07) is 1.86. The van der Waals surface area contributed by atoms with Crippen molar-refractivity contribution in [3.8, 4) is 0 Å². The summed E-state index contributed by atoms with van der Waals surface area (Å²) in [6.07, 6.45) is 1.77. The number of hydrogen-bond donors (Lipinski definition) is 1. The van der Waals surface area contributed by atoms with Crippen LogP contribution < -0.4 is 5.32 Å². The molecule has 0 aliphatic carbocycles. The van der Waals surface area contributed by atoms with Crippen LogP contribution in [0.4, 0.5) is 0 Å². The number of thiophene rings is 1. The van der Waals surface area contributed by atoms with Gasteiger partial charge in [0.05, 0.1) is 3.79 Å². The summed E-state index contributed by atoms with van der Waals surface area (Å²) in [5.41, 5.74) is 0. The molecule has 21 heavy (non-hydrogen) atoms. The Bertz CT molecular complexity index is 580. The molecule has 0 bridgehead atoms. The summed E-state index contributed by atoms with van der Waals surface area (Å²) in [5, 5.41) is 3.05. The van der Waals surface area contributed by atoms with E-state index in [4.69, 9.17) is 0 Å². The number of nitrogens with one attached hydrogen (secondary N) is 1. The number of piperidine rings is 1. The van der Waals surface area contributed by atoms with E-state index < -0.39 is 10.0 Å². The van der Waals surface area contributed by atoms with Crippen LogP contribution in [0.3, 0.4) is 0 Å². The van der Waals surface area contributed by atoms with Gasteiger partial charge in [-0.15, -0.1) is 11.3 Å². The van der Waals surface area contributed by atoms with E-state index >= 15 is 0 Å². The monoisotopic (exact) mass is 395 g/mol. The van der Waals surface area contributed by atoms with E-state index in [1.807, 2.05) is 7.05 Å². The predicted octanol–water partition coefficient (Wildman–Crippen LogP) is 1.94. The average molecular weight is 396 g/mol. The van der Waals surface area contributed by atoms with Crippen molar-refractivity contribution in [1.82, 2.24) is 14.5 Å². The van der Waals surface area contributed by atoms with Crippen LogP contribution in [0.2, 0.25) is 0 Å². The molecule has 0 aromatic carbocycles. The molecule has 0 radical (unpaired) electrons. The van der Waals surface area contributed by atoms with E-state index in [-0.39, 0.29) is 6.04 Å². The van der Waals surface area contributed by atoms with Crippen LogP contribution in [-0.4, -0.2) is 57.9 Å². The van der Waals surface area contributed by atoms with Gasteiger partial charge in [-0.1, -0.05) is 0 Å². The van der Waals surface area contributed by atoms with Crippen LogP contribution in [0.5, 0.6) is 0 Å². The Morgan fingerprint density at radius 2 is 2.10 bits per heavy atom. The summed E-state index contributed by atoms with van der Waals surface area (Å²) in [7, 11) is 2.20. The zero-order valence-corrected chi connectivity index (χ0v) is 15.8. The normalized spacial score (nSPS) is 18.5. The molecule has 1 N–H and O–H groups in total. The van der Waals surface area contributed by atoms with E-state index in [2.05, 4.69) is 33.2 Å². The lowest BCUT2D eigenvalue weighted by molar-refractivity contribution is 0.197. The highest BCUT2D eigenvalue weighted by Crippen LogP contribution is 2.34. The van der Waals surface area contributed by atoms with Crippen LogP contribution in [0, 0.1) is 0 Å². The lowest BCUT2D eigenvalue weighted by Crippen LogP contribution is -2.44. The Morgan fingerprint density at radius 1 is 1.48 bits per heavy atom. The fourth-order valence-corrected chi connectivity index (χ4v) is 6.60. The first-order valence-corrected chi connectivity index (χ1v) is 10.0. The fraction of sp³-hybridized carbons (Fsp3) is 0.692. The largest absolute Gasteiger partial charge is 0.315 e. The molecule has 0 unspecified atom stereocenters. The summed E-state index contributed by atoms with van der Waals surface area (Å²) >= 11 is 4.87. The van der Waals surface area contributed by atoms with Crippen molar-refractivity contribution < 1.29 is 8.42 Å². The van der Waals surface area contributed by atoms with Crippen LogP contribution in [0.15, 0.2) is 14.7 Å². The van der Waals surface area contributed by atoms with Gasteiger partial charge in [-0.2, -0.15) is 4.31 Å². The molecule has 8 heteroatoms. The average Bonchev–Trinajstić information content (AvgIpc) is 2.81. The first-order valence-electron chi connectivity index (χ1n) is 6.95. The van der Waals surface area contributed by atoms with E-state index in [9.17, 15) is 8.42 Å². The van der Waals surface area contributed by atoms with E-state index in [0.717, 1.165) is 30.8 Å². The van der Waals surface area contributed by atoms with Gasteiger partial charge in [-0.3, -0.25) is 0 Å². The molecule has 0 spiro atoms.